The molecule has 3 unspecified atom stereocenters. The van der Waals surface area contributed by atoms with E-state index in [1.165, 1.54) is 37.9 Å². The Morgan fingerprint density at radius 3 is 2.27 bits per heavy atom. The summed E-state index contributed by atoms with van der Waals surface area (Å²) in [7, 11) is 0. The van der Waals surface area contributed by atoms with Gasteiger partial charge in [0.25, 0.3) is 0 Å². The lowest BCUT2D eigenvalue weighted by atomic mass is 9.93. The summed E-state index contributed by atoms with van der Waals surface area (Å²) >= 11 is 8.27. The molecule has 3 atom stereocenters. The molecule has 0 aromatic heterocycles. The number of thioether (sulfide) groups is 1. The maximum atomic E-state index is 6.24. The number of unbranched alkanes of at least 4 members (excludes halogenated alkanes) is 1. The summed E-state index contributed by atoms with van der Waals surface area (Å²) in [5.74, 6) is 2.07. The predicted octanol–water partition coefficient (Wildman–Crippen LogP) is 5.34. The summed E-state index contributed by atoms with van der Waals surface area (Å²) in [5.41, 5.74) is 0. The van der Waals surface area contributed by atoms with Gasteiger partial charge in [0.1, 0.15) is 0 Å². The largest absolute Gasteiger partial charge is 0.157 e. The fourth-order valence-electron chi connectivity index (χ4n) is 1.91. The molecule has 0 aromatic rings. The minimum Gasteiger partial charge on any atom is -0.157 e. The third-order valence-electron chi connectivity index (χ3n) is 3.00. The van der Waals surface area contributed by atoms with Crippen LogP contribution in [0.2, 0.25) is 0 Å². The highest BCUT2D eigenvalue weighted by Crippen LogP contribution is 2.29. The van der Waals surface area contributed by atoms with Crippen LogP contribution in [-0.2, 0) is 0 Å². The second kappa shape index (κ2) is 9.84. The van der Waals surface area contributed by atoms with Crippen molar-refractivity contribution in [3.05, 3.63) is 0 Å². The Hall–Kier alpha value is 0.640. The van der Waals surface area contributed by atoms with Crippen molar-refractivity contribution >= 4 is 23.4 Å². The predicted molar refractivity (Wildman–Crippen MR) is 75.2 cm³/mol. The molecule has 0 saturated heterocycles. The summed E-state index contributed by atoms with van der Waals surface area (Å²) in [6, 6.07) is 0. The first-order valence-corrected chi connectivity index (χ1v) is 7.89. The SMILES string of the molecule is CCCCC(CC)CC(SCC)C(C)Cl. The molecular formula is C13H27ClS. The average molecular weight is 251 g/mol. The summed E-state index contributed by atoms with van der Waals surface area (Å²) in [4.78, 5) is 0. The van der Waals surface area contributed by atoms with E-state index in [2.05, 4.69) is 27.7 Å². The van der Waals surface area contributed by atoms with Crippen molar-refractivity contribution in [3.63, 3.8) is 0 Å². The molecule has 0 spiro atoms. The Bertz CT molecular complexity index is 136. The highest BCUT2D eigenvalue weighted by Gasteiger charge is 2.19. The van der Waals surface area contributed by atoms with Gasteiger partial charge in [0.05, 0.1) is 0 Å². The van der Waals surface area contributed by atoms with Crippen molar-refractivity contribution in [1.29, 1.82) is 0 Å². The van der Waals surface area contributed by atoms with Gasteiger partial charge in [-0.05, 0) is 25.0 Å². The van der Waals surface area contributed by atoms with Crippen LogP contribution in [0.3, 0.4) is 0 Å². The number of halogens is 1. The number of alkyl halides is 1. The first-order valence-electron chi connectivity index (χ1n) is 6.41. The molecule has 0 aliphatic carbocycles. The molecule has 92 valence electrons. The normalized spacial score (nSPS) is 17.4. The van der Waals surface area contributed by atoms with Crippen molar-refractivity contribution in [2.45, 2.75) is 70.4 Å². The van der Waals surface area contributed by atoms with Gasteiger partial charge in [-0.3, -0.25) is 0 Å². The molecule has 0 fully saturated rings. The molecule has 0 radical (unpaired) electrons. The van der Waals surface area contributed by atoms with Crippen molar-refractivity contribution in [3.8, 4) is 0 Å². The zero-order valence-corrected chi connectivity index (χ0v) is 12.3. The smallest absolute Gasteiger partial charge is 0.0426 e. The third-order valence-corrected chi connectivity index (χ3v) is 4.82. The summed E-state index contributed by atoms with van der Waals surface area (Å²) in [5, 5.41) is 0.962. The van der Waals surface area contributed by atoms with Gasteiger partial charge < -0.3 is 0 Å². The Balaban J connectivity index is 3.97. The zero-order valence-electron chi connectivity index (χ0n) is 10.8. The molecule has 0 aliphatic heterocycles. The topological polar surface area (TPSA) is 0 Å². The van der Waals surface area contributed by atoms with E-state index in [0.29, 0.717) is 10.6 Å². The van der Waals surface area contributed by atoms with Crippen LogP contribution in [0.25, 0.3) is 0 Å². The van der Waals surface area contributed by atoms with E-state index in [9.17, 15) is 0 Å². The highest BCUT2D eigenvalue weighted by molar-refractivity contribution is 7.99. The summed E-state index contributed by atoms with van der Waals surface area (Å²) in [6.07, 6.45) is 6.69. The van der Waals surface area contributed by atoms with Crippen LogP contribution in [-0.4, -0.2) is 16.4 Å². The Morgan fingerprint density at radius 2 is 1.87 bits per heavy atom. The monoisotopic (exact) mass is 250 g/mol. The maximum absolute atomic E-state index is 6.24. The van der Waals surface area contributed by atoms with Gasteiger partial charge in [-0.2, -0.15) is 11.8 Å². The molecule has 0 bridgehead atoms. The van der Waals surface area contributed by atoms with Gasteiger partial charge in [-0.1, -0.05) is 46.5 Å². The van der Waals surface area contributed by atoms with Crippen LogP contribution in [0.4, 0.5) is 0 Å². The third kappa shape index (κ3) is 7.52. The molecule has 0 rings (SSSR count). The Morgan fingerprint density at radius 1 is 1.20 bits per heavy atom. The van der Waals surface area contributed by atoms with Crippen molar-refractivity contribution in [1.82, 2.24) is 0 Å². The van der Waals surface area contributed by atoms with Crippen LogP contribution in [0.15, 0.2) is 0 Å². The van der Waals surface area contributed by atoms with Crippen molar-refractivity contribution < 1.29 is 0 Å². The lowest BCUT2D eigenvalue weighted by molar-refractivity contribution is 0.414. The molecule has 15 heavy (non-hydrogen) atoms. The van der Waals surface area contributed by atoms with E-state index in [1.54, 1.807) is 0 Å². The molecule has 0 aromatic carbocycles. The van der Waals surface area contributed by atoms with E-state index in [4.69, 9.17) is 11.6 Å². The number of hydrogen-bond acceptors (Lipinski definition) is 1. The second-order valence-electron chi connectivity index (χ2n) is 4.32. The van der Waals surface area contributed by atoms with Crippen molar-refractivity contribution in [2.75, 3.05) is 5.75 Å². The standard InChI is InChI=1S/C13H27ClS/c1-5-8-9-12(6-2)10-13(11(4)14)15-7-3/h11-13H,5-10H2,1-4H3. The Labute approximate surface area is 106 Å². The molecular weight excluding hydrogens is 224 g/mol. The minimum absolute atomic E-state index is 0.311. The fraction of sp³-hybridized carbons (Fsp3) is 1.00. The van der Waals surface area contributed by atoms with E-state index in [1.807, 2.05) is 11.8 Å². The van der Waals surface area contributed by atoms with E-state index < -0.39 is 0 Å². The molecule has 0 nitrogen and oxygen atoms in total. The van der Waals surface area contributed by atoms with Crippen LogP contribution in [0.5, 0.6) is 0 Å². The van der Waals surface area contributed by atoms with Crippen LogP contribution < -0.4 is 0 Å². The van der Waals surface area contributed by atoms with Gasteiger partial charge in [0.15, 0.2) is 0 Å². The molecule has 0 saturated carbocycles. The lowest BCUT2D eigenvalue weighted by Gasteiger charge is -2.23. The van der Waals surface area contributed by atoms with Gasteiger partial charge in [0.2, 0.25) is 0 Å². The molecule has 2 heteroatoms. The lowest BCUT2D eigenvalue weighted by Crippen LogP contribution is -2.19. The van der Waals surface area contributed by atoms with Gasteiger partial charge in [-0.15, -0.1) is 11.6 Å². The number of rotatable bonds is 9. The first-order chi connectivity index (χ1) is 7.15. The van der Waals surface area contributed by atoms with Crippen molar-refractivity contribution in [2.24, 2.45) is 5.92 Å². The quantitative estimate of drug-likeness (QED) is 0.498. The Kier molecular flexibility index (Phi) is 10.3. The van der Waals surface area contributed by atoms with E-state index in [-0.39, 0.29) is 0 Å². The van der Waals surface area contributed by atoms with Crippen LogP contribution in [0, 0.1) is 5.92 Å². The van der Waals surface area contributed by atoms with Gasteiger partial charge in [0, 0.05) is 10.6 Å². The van der Waals surface area contributed by atoms with Crippen LogP contribution in [0.1, 0.15) is 59.8 Å². The maximum Gasteiger partial charge on any atom is 0.0426 e. The molecule has 0 heterocycles. The average Bonchev–Trinajstić information content (AvgIpc) is 2.22. The van der Waals surface area contributed by atoms with E-state index in [0.717, 1.165) is 5.92 Å². The second-order valence-corrected chi connectivity index (χ2v) is 6.53. The molecule has 0 aliphatic rings. The number of hydrogen-bond donors (Lipinski definition) is 0. The highest BCUT2D eigenvalue weighted by atomic mass is 35.5. The summed E-state index contributed by atoms with van der Waals surface area (Å²) < 4.78 is 0. The first kappa shape index (κ1) is 15.6. The molecule has 0 amide bonds. The fourth-order valence-corrected chi connectivity index (χ4v) is 3.33. The minimum atomic E-state index is 0.311. The van der Waals surface area contributed by atoms with Gasteiger partial charge >= 0.3 is 0 Å². The van der Waals surface area contributed by atoms with E-state index >= 15 is 0 Å². The van der Waals surface area contributed by atoms with Crippen LogP contribution >= 0.6 is 23.4 Å². The summed E-state index contributed by atoms with van der Waals surface area (Å²) in [6.45, 7) is 8.95. The molecule has 0 N–H and O–H groups in total. The zero-order chi connectivity index (χ0) is 11.7. The van der Waals surface area contributed by atoms with Gasteiger partial charge in [-0.25, -0.2) is 0 Å².